The Balaban J connectivity index is 0.914. The van der Waals surface area contributed by atoms with Gasteiger partial charge in [0.15, 0.2) is 25.2 Å². The molecule has 28 atom stereocenters. The summed E-state index contributed by atoms with van der Waals surface area (Å²) in [6.07, 6.45) is -22.9. The van der Waals surface area contributed by atoms with Crippen LogP contribution in [0.4, 0.5) is 0 Å². The molecule has 0 amide bonds. The Morgan fingerprint density at radius 3 is 1.80 bits per heavy atom. The second kappa shape index (κ2) is 21.1. The van der Waals surface area contributed by atoms with E-state index in [0.29, 0.717) is 19.3 Å². The SMILES string of the molecule is CC1(C)CC[C@@]2(CO)C(C1)C1=CCC3[C@@]4(C)CCC(O[C@@H]5OC[C@H](O)[C@H](O)[C@H]5O[C@H]5O[C@H](CO)[C@@H](O[C@@H]6O[C@H](CO)[C@@H](O)[C@H](O)[C@H]6O[C@H]6OC[C@@H](O)[C@H](O)[C@H]6O)[C@H](O)[C@H]5O)[C@@](C)(CO)C4CC[C@@]3(C)[C@]1(C)C[C@H]2O. The van der Waals surface area contributed by atoms with E-state index < -0.39 is 153 Å². The van der Waals surface area contributed by atoms with Crippen LogP contribution in [-0.2, 0) is 37.9 Å². The molecule has 9 aliphatic rings. The van der Waals surface area contributed by atoms with E-state index in [9.17, 15) is 71.5 Å². The summed E-state index contributed by atoms with van der Waals surface area (Å²) in [5, 5.41) is 153. The highest BCUT2D eigenvalue weighted by molar-refractivity contribution is 5.35. The molecule has 14 N–H and O–H groups in total. The Morgan fingerprint density at radius 2 is 1.14 bits per heavy atom. The highest BCUT2D eigenvalue weighted by atomic mass is 16.8. The summed E-state index contributed by atoms with van der Waals surface area (Å²) in [4.78, 5) is 0. The van der Waals surface area contributed by atoms with Gasteiger partial charge in [0, 0.05) is 10.8 Å². The van der Waals surface area contributed by atoms with Crippen LogP contribution in [0, 0.1) is 50.2 Å². The molecule has 74 heavy (non-hydrogen) atoms. The predicted molar refractivity (Wildman–Crippen MR) is 253 cm³/mol. The van der Waals surface area contributed by atoms with Crippen molar-refractivity contribution in [1.29, 1.82) is 0 Å². The number of hydrogen-bond donors (Lipinski definition) is 14. The van der Waals surface area contributed by atoms with Gasteiger partial charge in [0.05, 0.1) is 51.8 Å². The van der Waals surface area contributed by atoms with Crippen LogP contribution in [0.1, 0.15) is 99.3 Å². The Kier molecular flexibility index (Phi) is 16.4. The second-order valence-corrected chi connectivity index (χ2v) is 25.4. The Hall–Kier alpha value is -1.14. The van der Waals surface area contributed by atoms with Gasteiger partial charge >= 0.3 is 0 Å². The molecule has 4 unspecified atom stereocenters. The van der Waals surface area contributed by atoms with Crippen molar-refractivity contribution < 1.29 is 109 Å². The van der Waals surface area contributed by atoms with Gasteiger partial charge in [-0.1, -0.05) is 53.2 Å². The zero-order valence-electron chi connectivity index (χ0n) is 43.5. The summed E-state index contributed by atoms with van der Waals surface area (Å²) in [6.45, 7) is 10.8. The molecule has 0 aromatic rings. The van der Waals surface area contributed by atoms with Gasteiger partial charge in [-0.25, -0.2) is 0 Å². The van der Waals surface area contributed by atoms with Gasteiger partial charge in [-0.2, -0.15) is 0 Å². The maximum atomic E-state index is 12.1. The highest BCUT2D eigenvalue weighted by Gasteiger charge is 2.71. The molecule has 0 radical (unpaired) electrons. The van der Waals surface area contributed by atoms with Crippen LogP contribution in [0.5, 0.6) is 0 Å². The number of fused-ring (bicyclic) bond motifs is 7. The summed E-state index contributed by atoms with van der Waals surface area (Å²) < 4.78 is 47.7. The third-order valence-electron chi connectivity index (χ3n) is 21.0. The van der Waals surface area contributed by atoms with E-state index in [1.165, 1.54) is 5.57 Å². The van der Waals surface area contributed by atoms with Crippen LogP contribution in [-0.4, -0.2) is 234 Å². The molecule has 4 heterocycles. The average Bonchev–Trinajstić information content (AvgIpc) is 3.36. The van der Waals surface area contributed by atoms with Crippen molar-refractivity contribution in [3.05, 3.63) is 11.6 Å². The molecule has 8 fully saturated rings. The molecule has 0 bridgehead atoms. The molecule has 4 saturated carbocycles. The highest BCUT2D eigenvalue weighted by Crippen LogP contribution is 2.76. The fraction of sp³-hybridized carbons (Fsp3) is 0.962. The third-order valence-corrected chi connectivity index (χ3v) is 21.0. The van der Waals surface area contributed by atoms with Crippen molar-refractivity contribution in [3.8, 4) is 0 Å². The predicted octanol–water partition coefficient (Wildman–Crippen LogP) is -2.34. The first-order valence-corrected chi connectivity index (χ1v) is 26.9. The van der Waals surface area contributed by atoms with Gasteiger partial charge in [0.25, 0.3) is 0 Å². The van der Waals surface area contributed by atoms with Crippen molar-refractivity contribution in [1.82, 2.24) is 0 Å². The Bertz CT molecular complexity index is 1980. The lowest BCUT2D eigenvalue weighted by Gasteiger charge is -2.72. The molecule has 9 rings (SSSR count). The number of aliphatic hydroxyl groups is 14. The lowest BCUT2D eigenvalue weighted by molar-refractivity contribution is -0.394. The zero-order valence-corrected chi connectivity index (χ0v) is 43.5. The van der Waals surface area contributed by atoms with Crippen molar-refractivity contribution >= 4 is 0 Å². The minimum absolute atomic E-state index is 0.0493. The summed E-state index contributed by atoms with van der Waals surface area (Å²) >= 11 is 0. The quantitative estimate of drug-likeness (QED) is 0.0719. The van der Waals surface area contributed by atoms with Crippen molar-refractivity contribution in [2.45, 2.75) is 222 Å². The molecule has 0 aromatic carbocycles. The van der Waals surface area contributed by atoms with E-state index in [1.807, 2.05) is 6.92 Å². The minimum Gasteiger partial charge on any atom is -0.396 e. The van der Waals surface area contributed by atoms with E-state index in [1.54, 1.807) is 0 Å². The van der Waals surface area contributed by atoms with Crippen LogP contribution >= 0.6 is 0 Å². The van der Waals surface area contributed by atoms with Gasteiger partial charge in [0.1, 0.15) is 85.5 Å². The molecule has 4 aliphatic heterocycles. The van der Waals surface area contributed by atoms with Crippen molar-refractivity contribution in [2.24, 2.45) is 50.2 Å². The van der Waals surface area contributed by atoms with Gasteiger partial charge in [-0.05, 0) is 97.2 Å². The summed E-state index contributed by atoms with van der Waals surface area (Å²) in [6, 6.07) is 0. The molecule has 22 nitrogen and oxygen atoms in total. The minimum atomic E-state index is -2.02. The average molecular weight is 1060 g/mol. The van der Waals surface area contributed by atoms with Gasteiger partial charge in [-0.3, -0.25) is 0 Å². The first-order chi connectivity index (χ1) is 34.8. The van der Waals surface area contributed by atoms with Crippen LogP contribution in [0.2, 0.25) is 0 Å². The summed E-state index contributed by atoms with van der Waals surface area (Å²) in [5.41, 5.74) is -0.790. The van der Waals surface area contributed by atoms with Crippen LogP contribution < -0.4 is 0 Å². The molecule has 0 spiro atoms. The summed E-state index contributed by atoms with van der Waals surface area (Å²) in [5.74, 6) is 0.195. The Morgan fingerprint density at radius 1 is 0.541 bits per heavy atom. The van der Waals surface area contributed by atoms with Gasteiger partial charge in [0.2, 0.25) is 0 Å². The van der Waals surface area contributed by atoms with E-state index in [-0.39, 0.29) is 59.2 Å². The number of rotatable bonds is 12. The second-order valence-electron chi connectivity index (χ2n) is 25.4. The maximum Gasteiger partial charge on any atom is 0.187 e. The van der Waals surface area contributed by atoms with Crippen molar-refractivity contribution in [3.63, 3.8) is 0 Å². The standard InChI is InChI=1S/C52H86O22/c1-47(2)13-14-52(22-56)24(15-47)23-7-8-30-48(3)11-10-32(49(4,21-55)29(48)9-12-50(30,5)51(23,6)16-31(52)59)71-45-41(34(61)26(58)20-68-45)74-44-39(66)37(64)40(28(18-54)70-44)72-46-42(36(63)35(62)27(17-53)69-46)73-43-38(65)33(60)25(57)19-67-43/h7,24-46,53-66H,8-22H2,1-6H3/t24?,25-,26+,27-,28-,29?,30?,31-,32?,33+,34+,35-,36+,37-,38-,39-,40-,41-,42-,43-,44-,45+,46+,48+,49+,50-,51-,52-/m1/s1. The monoisotopic (exact) mass is 1060 g/mol. The lowest BCUT2D eigenvalue weighted by Crippen LogP contribution is -2.68. The largest absolute Gasteiger partial charge is 0.396 e. The molecular weight excluding hydrogens is 977 g/mol. The molecule has 4 saturated heterocycles. The maximum absolute atomic E-state index is 12.1. The van der Waals surface area contributed by atoms with Crippen LogP contribution in [0.25, 0.3) is 0 Å². The first kappa shape index (κ1) is 57.5. The van der Waals surface area contributed by atoms with E-state index >= 15 is 0 Å². The molecule has 22 heteroatoms. The van der Waals surface area contributed by atoms with E-state index in [2.05, 4.69) is 40.7 Å². The number of hydrogen-bond acceptors (Lipinski definition) is 22. The van der Waals surface area contributed by atoms with E-state index in [0.717, 1.165) is 38.5 Å². The molecule has 426 valence electrons. The molecule has 5 aliphatic carbocycles. The number of allylic oxidation sites excluding steroid dienone is 2. The number of aliphatic hydroxyl groups excluding tert-OH is 14. The molecular formula is C52H86O22. The van der Waals surface area contributed by atoms with Crippen molar-refractivity contribution in [2.75, 3.05) is 39.6 Å². The third kappa shape index (κ3) is 9.20. The Labute approximate surface area is 432 Å². The van der Waals surface area contributed by atoms with Crippen LogP contribution in [0.3, 0.4) is 0 Å². The van der Waals surface area contributed by atoms with Crippen LogP contribution in [0.15, 0.2) is 11.6 Å². The van der Waals surface area contributed by atoms with Gasteiger partial charge in [-0.15, -0.1) is 0 Å². The topological polar surface area (TPSA) is 357 Å². The summed E-state index contributed by atoms with van der Waals surface area (Å²) in [7, 11) is 0. The fourth-order valence-corrected chi connectivity index (χ4v) is 16.2. The smallest absolute Gasteiger partial charge is 0.187 e. The lowest BCUT2D eigenvalue weighted by atomic mass is 9.33. The first-order valence-electron chi connectivity index (χ1n) is 26.9. The van der Waals surface area contributed by atoms with Gasteiger partial charge < -0.3 is 109 Å². The number of ether oxygens (including phenoxy) is 8. The normalized spacial score (nSPS) is 55.5. The fourth-order valence-electron chi connectivity index (χ4n) is 16.2. The molecule has 0 aromatic heterocycles. The van der Waals surface area contributed by atoms with E-state index in [4.69, 9.17) is 37.9 Å². The zero-order chi connectivity index (χ0) is 53.8.